The van der Waals surface area contributed by atoms with Crippen molar-refractivity contribution in [3.63, 3.8) is 0 Å². The van der Waals surface area contributed by atoms with Crippen molar-refractivity contribution in [1.82, 2.24) is 0 Å². The Morgan fingerprint density at radius 2 is 2.19 bits per heavy atom. The van der Waals surface area contributed by atoms with Crippen LogP contribution in [-0.2, 0) is 0 Å². The highest BCUT2D eigenvalue weighted by Crippen LogP contribution is 2.33. The zero-order chi connectivity index (χ0) is 11.5. The third-order valence-electron chi connectivity index (χ3n) is 3.25. The molecule has 3 heteroatoms. The van der Waals surface area contributed by atoms with E-state index in [1.165, 1.54) is 25.7 Å². The zero-order valence-electron chi connectivity index (χ0n) is 9.47. The maximum atomic E-state index is 6.07. The Balaban J connectivity index is 2.05. The fraction of sp³-hybridized carbons (Fsp3) is 0.538. The SMILES string of the molecule is CC1CCCC(Nc2cccc(Cl)c2Br)C1. The predicted molar refractivity (Wildman–Crippen MR) is 74.2 cm³/mol. The van der Waals surface area contributed by atoms with Gasteiger partial charge < -0.3 is 5.32 Å². The second-order valence-corrected chi connectivity index (χ2v) is 5.91. The van der Waals surface area contributed by atoms with Crippen LogP contribution >= 0.6 is 27.5 Å². The van der Waals surface area contributed by atoms with Gasteiger partial charge in [-0.05, 0) is 46.8 Å². The van der Waals surface area contributed by atoms with Gasteiger partial charge >= 0.3 is 0 Å². The number of hydrogen-bond donors (Lipinski definition) is 1. The molecule has 2 rings (SSSR count). The second kappa shape index (κ2) is 5.42. The summed E-state index contributed by atoms with van der Waals surface area (Å²) in [5.41, 5.74) is 1.12. The number of nitrogens with one attached hydrogen (secondary N) is 1. The highest BCUT2D eigenvalue weighted by molar-refractivity contribution is 9.10. The van der Waals surface area contributed by atoms with Crippen LogP contribution in [0.5, 0.6) is 0 Å². The van der Waals surface area contributed by atoms with Crippen molar-refractivity contribution in [3.05, 3.63) is 27.7 Å². The fourth-order valence-corrected chi connectivity index (χ4v) is 2.95. The van der Waals surface area contributed by atoms with E-state index in [4.69, 9.17) is 11.6 Å². The van der Waals surface area contributed by atoms with E-state index in [1.807, 2.05) is 12.1 Å². The zero-order valence-corrected chi connectivity index (χ0v) is 11.8. The molecule has 0 spiro atoms. The first-order chi connectivity index (χ1) is 7.66. The van der Waals surface area contributed by atoms with Gasteiger partial charge in [0.15, 0.2) is 0 Å². The minimum atomic E-state index is 0.596. The summed E-state index contributed by atoms with van der Waals surface area (Å²) in [7, 11) is 0. The lowest BCUT2D eigenvalue weighted by Crippen LogP contribution is -2.26. The molecular weight excluding hydrogens is 286 g/mol. The van der Waals surface area contributed by atoms with E-state index in [-0.39, 0.29) is 0 Å². The first kappa shape index (κ1) is 12.3. The average molecular weight is 303 g/mol. The first-order valence-corrected chi connectivity index (χ1v) is 7.04. The van der Waals surface area contributed by atoms with Gasteiger partial charge in [-0.15, -0.1) is 0 Å². The van der Waals surface area contributed by atoms with Crippen LogP contribution in [0.25, 0.3) is 0 Å². The fourth-order valence-electron chi connectivity index (χ4n) is 2.40. The molecule has 0 amide bonds. The van der Waals surface area contributed by atoms with Gasteiger partial charge in [0.05, 0.1) is 15.2 Å². The van der Waals surface area contributed by atoms with E-state index in [1.54, 1.807) is 0 Å². The molecule has 2 atom stereocenters. The molecule has 0 aliphatic heterocycles. The van der Waals surface area contributed by atoms with Crippen LogP contribution in [0.2, 0.25) is 5.02 Å². The molecule has 1 N–H and O–H groups in total. The summed E-state index contributed by atoms with van der Waals surface area (Å²) in [5, 5.41) is 4.36. The Morgan fingerprint density at radius 3 is 2.94 bits per heavy atom. The van der Waals surface area contributed by atoms with Gasteiger partial charge in [0.2, 0.25) is 0 Å². The maximum absolute atomic E-state index is 6.07. The number of anilines is 1. The molecular formula is C13H17BrClN. The van der Waals surface area contributed by atoms with Gasteiger partial charge in [0, 0.05) is 6.04 Å². The summed E-state index contributed by atoms with van der Waals surface area (Å²) >= 11 is 9.60. The van der Waals surface area contributed by atoms with Gasteiger partial charge in [-0.1, -0.05) is 37.4 Å². The molecule has 0 bridgehead atoms. The third-order valence-corrected chi connectivity index (χ3v) is 4.65. The molecule has 88 valence electrons. The smallest absolute Gasteiger partial charge is 0.0593 e. The van der Waals surface area contributed by atoms with Crippen molar-refractivity contribution in [2.24, 2.45) is 5.92 Å². The molecule has 1 aromatic rings. The minimum Gasteiger partial charge on any atom is -0.381 e. The molecule has 1 aliphatic rings. The molecule has 1 nitrogen and oxygen atoms in total. The Bertz CT molecular complexity index is 367. The molecule has 1 aromatic carbocycles. The van der Waals surface area contributed by atoms with E-state index in [0.29, 0.717) is 6.04 Å². The highest BCUT2D eigenvalue weighted by atomic mass is 79.9. The van der Waals surface area contributed by atoms with Crippen LogP contribution in [0.15, 0.2) is 22.7 Å². The molecule has 0 heterocycles. The van der Waals surface area contributed by atoms with Gasteiger partial charge in [-0.2, -0.15) is 0 Å². The standard InChI is InChI=1S/C13H17BrClN/c1-9-4-2-5-10(8-9)16-12-7-3-6-11(15)13(12)14/h3,6-7,9-10,16H,2,4-5,8H2,1H3. The predicted octanol–water partition coefficient (Wildman–Crippen LogP) is 5.09. The molecule has 0 saturated heterocycles. The summed E-state index contributed by atoms with van der Waals surface area (Å²) in [6.07, 6.45) is 5.23. The van der Waals surface area contributed by atoms with Crippen molar-refractivity contribution < 1.29 is 0 Å². The molecule has 0 aromatic heterocycles. The van der Waals surface area contributed by atoms with Gasteiger partial charge in [0.1, 0.15) is 0 Å². The van der Waals surface area contributed by atoms with Crippen LogP contribution < -0.4 is 5.32 Å². The molecule has 2 unspecified atom stereocenters. The van der Waals surface area contributed by atoms with Crippen LogP contribution in [0.3, 0.4) is 0 Å². The Kier molecular flexibility index (Phi) is 4.15. The van der Waals surface area contributed by atoms with Crippen molar-refractivity contribution in [2.75, 3.05) is 5.32 Å². The van der Waals surface area contributed by atoms with Gasteiger partial charge in [-0.3, -0.25) is 0 Å². The maximum Gasteiger partial charge on any atom is 0.0593 e. The molecule has 1 fully saturated rings. The Hall–Kier alpha value is -0.210. The molecule has 0 radical (unpaired) electrons. The third kappa shape index (κ3) is 2.92. The summed E-state index contributed by atoms with van der Waals surface area (Å²) in [5.74, 6) is 0.837. The first-order valence-electron chi connectivity index (χ1n) is 5.87. The quantitative estimate of drug-likeness (QED) is 0.802. The van der Waals surface area contributed by atoms with Crippen molar-refractivity contribution in [2.45, 2.75) is 38.6 Å². The number of benzene rings is 1. The van der Waals surface area contributed by atoms with Crippen LogP contribution in [0.1, 0.15) is 32.6 Å². The average Bonchev–Trinajstić information content (AvgIpc) is 2.25. The van der Waals surface area contributed by atoms with E-state index in [9.17, 15) is 0 Å². The van der Waals surface area contributed by atoms with Crippen molar-refractivity contribution >= 4 is 33.2 Å². The van der Waals surface area contributed by atoms with E-state index in [0.717, 1.165) is 21.1 Å². The highest BCUT2D eigenvalue weighted by Gasteiger charge is 2.19. The van der Waals surface area contributed by atoms with Crippen LogP contribution in [0, 0.1) is 5.92 Å². The van der Waals surface area contributed by atoms with Crippen molar-refractivity contribution in [1.29, 1.82) is 0 Å². The lowest BCUT2D eigenvalue weighted by molar-refractivity contribution is 0.358. The largest absolute Gasteiger partial charge is 0.381 e. The minimum absolute atomic E-state index is 0.596. The lowest BCUT2D eigenvalue weighted by Gasteiger charge is -2.28. The lowest BCUT2D eigenvalue weighted by atomic mass is 9.87. The summed E-state index contributed by atoms with van der Waals surface area (Å²) < 4.78 is 0.981. The molecule has 1 aliphatic carbocycles. The Labute approximate surface area is 111 Å². The van der Waals surface area contributed by atoms with Gasteiger partial charge in [0.25, 0.3) is 0 Å². The summed E-state index contributed by atoms with van der Waals surface area (Å²) in [6, 6.07) is 6.57. The van der Waals surface area contributed by atoms with Crippen molar-refractivity contribution in [3.8, 4) is 0 Å². The number of hydrogen-bond acceptors (Lipinski definition) is 1. The summed E-state index contributed by atoms with van der Waals surface area (Å²) in [6.45, 7) is 2.33. The number of halogens is 2. The van der Waals surface area contributed by atoms with Gasteiger partial charge in [-0.25, -0.2) is 0 Å². The van der Waals surface area contributed by atoms with E-state index >= 15 is 0 Å². The van der Waals surface area contributed by atoms with E-state index in [2.05, 4.69) is 34.2 Å². The Morgan fingerprint density at radius 1 is 1.38 bits per heavy atom. The molecule has 1 saturated carbocycles. The number of rotatable bonds is 2. The monoisotopic (exact) mass is 301 g/mol. The molecule has 16 heavy (non-hydrogen) atoms. The normalized spacial score (nSPS) is 25.4. The topological polar surface area (TPSA) is 12.0 Å². The summed E-state index contributed by atoms with van der Waals surface area (Å²) in [4.78, 5) is 0. The van der Waals surface area contributed by atoms with Crippen LogP contribution in [0.4, 0.5) is 5.69 Å². The second-order valence-electron chi connectivity index (χ2n) is 4.71. The van der Waals surface area contributed by atoms with Crippen LogP contribution in [-0.4, -0.2) is 6.04 Å². The van der Waals surface area contributed by atoms with E-state index < -0.39 is 0 Å².